The summed E-state index contributed by atoms with van der Waals surface area (Å²) in [5.74, 6) is -1.03. The molecule has 5 aromatic carbocycles. The first kappa shape index (κ1) is 32.8. The van der Waals surface area contributed by atoms with E-state index in [0.29, 0.717) is 5.69 Å². The quantitative estimate of drug-likeness (QED) is 0.0724. The zero-order valence-electron chi connectivity index (χ0n) is 24.4. The van der Waals surface area contributed by atoms with E-state index in [1.54, 1.807) is 12.1 Å². The maximum absolute atomic E-state index is 12.3. The number of phenols is 2. The second-order valence-electron chi connectivity index (χ2n) is 9.70. The monoisotopic (exact) mass is 679 g/mol. The molecule has 0 aliphatic carbocycles. The van der Waals surface area contributed by atoms with Crippen molar-refractivity contribution >= 4 is 65.1 Å². The highest BCUT2D eigenvalue weighted by atomic mass is 32.2. The Labute approximate surface area is 268 Å². The fraction of sp³-hybridized carbons (Fsp3) is 0.0667. The molecule has 0 atom stereocenters. The van der Waals surface area contributed by atoms with Gasteiger partial charge >= 0.3 is 0 Å². The maximum Gasteiger partial charge on any atom is 0.296 e. The lowest BCUT2D eigenvalue weighted by Gasteiger charge is -2.12. The number of hydrogen-bond donors (Lipinski definition) is 5. The van der Waals surface area contributed by atoms with Crippen molar-refractivity contribution < 1.29 is 45.6 Å². The van der Waals surface area contributed by atoms with Crippen molar-refractivity contribution in [3.63, 3.8) is 0 Å². The van der Waals surface area contributed by atoms with Crippen LogP contribution in [-0.4, -0.2) is 50.4 Å². The molecule has 0 radical (unpaired) electrons. The third-order valence-corrected chi connectivity index (χ3v) is 8.39. The third-order valence-electron chi connectivity index (χ3n) is 6.64. The van der Waals surface area contributed by atoms with Crippen molar-refractivity contribution in [1.82, 2.24) is 0 Å². The van der Waals surface area contributed by atoms with Gasteiger partial charge in [0.15, 0.2) is 5.75 Å². The number of rotatable bonds is 10. The summed E-state index contributed by atoms with van der Waals surface area (Å²) in [6, 6.07) is 20.9. The van der Waals surface area contributed by atoms with E-state index in [1.807, 2.05) is 30.3 Å². The summed E-state index contributed by atoms with van der Waals surface area (Å²) in [6.07, 6.45) is 0. The summed E-state index contributed by atoms with van der Waals surface area (Å²) < 4.78 is 78.2. The van der Waals surface area contributed by atoms with Crippen molar-refractivity contribution in [2.24, 2.45) is 20.5 Å². The Bertz CT molecular complexity index is 2280. The molecule has 0 aliphatic heterocycles. The molecule has 5 N–H and O–H groups in total. The predicted molar refractivity (Wildman–Crippen MR) is 171 cm³/mol. The summed E-state index contributed by atoms with van der Waals surface area (Å²) >= 11 is 0. The number of phenolic OH excluding ortho intramolecular Hbond substituents is 2. The van der Waals surface area contributed by atoms with Crippen LogP contribution in [0.25, 0.3) is 10.8 Å². The van der Waals surface area contributed by atoms with Crippen molar-refractivity contribution in [3.05, 3.63) is 84.9 Å². The fourth-order valence-corrected chi connectivity index (χ4v) is 5.70. The van der Waals surface area contributed by atoms with Crippen molar-refractivity contribution in [3.8, 4) is 23.0 Å². The predicted octanol–water partition coefficient (Wildman–Crippen LogP) is 7.34. The molecule has 242 valence electrons. The Balaban J connectivity index is 1.52. The molecule has 0 saturated heterocycles. The van der Waals surface area contributed by atoms with E-state index in [9.17, 15) is 36.2 Å². The molecule has 0 bridgehead atoms. The Morgan fingerprint density at radius 1 is 0.638 bits per heavy atom. The van der Waals surface area contributed by atoms with Crippen molar-refractivity contribution in [2.75, 3.05) is 19.5 Å². The van der Waals surface area contributed by atoms with Gasteiger partial charge in [-0.3, -0.25) is 9.11 Å². The van der Waals surface area contributed by atoms with Gasteiger partial charge in [-0.1, -0.05) is 18.2 Å². The molecule has 0 spiro atoms. The van der Waals surface area contributed by atoms with Crippen LogP contribution < -0.4 is 14.8 Å². The number of nitrogens with zero attached hydrogens (tertiary/aromatic N) is 4. The maximum atomic E-state index is 12.3. The number of aromatic hydroxyl groups is 2. The molecule has 5 aromatic rings. The highest BCUT2D eigenvalue weighted by Gasteiger charge is 2.23. The largest absolute Gasteiger partial charge is 0.506 e. The molecule has 0 fully saturated rings. The van der Waals surface area contributed by atoms with E-state index in [4.69, 9.17) is 9.47 Å². The Kier molecular flexibility index (Phi) is 9.07. The minimum atomic E-state index is -4.92. The number of hydrogen-bond acceptors (Lipinski definition) is 13. The summed E-state index contributed by atoms with van der Waals surface area (Å²) in [7, 11) is -7.06. The van der Waals surface area contributed by atoms with Gasteiger partial charge in [-0.15, -0.1) is 20.5 Å². The SMILES string of the molecule is COc1ccc(N=Nc2cc(O)c(N=Nc3c(S(=O)(=O)O)cc4cc(Nc5ccccc5)ccc4c3O)cc2OC)c(S(=O)(=O)O)c1. The van der Waals surface area contributed by atoms with Crippen molar-refractivity contribution in [2.45, 2.75) is 9.79 Å². The normalized spacial score (nSPS) is 12.2. The van der Waals surface area contributed by atoms with E-state index in [-0.39, 0.29) is 39.3 Å². The first-order valence-electron chi connectivity index (χ1n) is 13.3. The summed E-state index contributed by atoms with van der Waals surface area (Å²) in [4.78, 5) is -1.32. The molecular weight excluding hydrogens is 654 g/mol. The number of anilines is 2. The highest BCUT2D eigenvalue weighted by molar-refractivity contribution is 7.86. The van der Waals surface area contributed by atoms with Gasteiger partial charge in [0.1, 0.15) is 49.8 Å². The van der Waals surface area contributed by atoms with Gasteiger partial charge in [-0.2, -0.15) is 16.8 Å². The average Bonchev–Trinajstić information content (AvgIpc) is 3.03. The lowest BCUT2D eigenvalue weighted by molar-refractivity contribution is 0.412. The molecule has 0 aliphatic rings. The van der Waals surface area contributed by atoms with Gasteiger partial charge in [0.05, 0.1) is 14.2 Å². The molecule has 0 unspecified atom stereocenters. The molecule has 0 aromatic heterocycles. The summed E-state index contributed by atoms with van der Waals surface area (Å²) in [5.41, 5.74) is 0.159. The summed E-state index contributed by atoms with van der Waals surface area (Å²) in [5, 5.41) is 40.8. The Morgan fingerprint density at radius 2 is 1.32 bits per heavy atom. The van der Waals surface area contributed by atoms with Gasteiger partial charge in [0.25, 0.3) is 20.2 Å². The van der Waals surface area contributed by atoms with E-state index >= 15 is 0 Å². The van der Waals surface area contributed by atoms with Gasteiger partial charge in [-0.25, -0.2) is 0 Å². The van der Waals surface area contributed by atoms with Crippen LogP contribution in [0.5, 0.6) is 23.0 Å². The standard InChI is InChI=1S/C30H25N5O10S2/c1-44-20-9-11-22(27(14-20)46(38,39)40)32-34-24-15-25(36)23(16-26(24)45-2)33-35-29-28(47(41,42)43)13-17-12-19(8-10-21(17)30(29)37)31-18-6-4-3-5-7-18/h3-16,31,36-37H,1-2H3,(H,38,39,40)(H,41,42,43). The first-order valence-corrected chi connectivity index (χ1v) is 16.2. The number of azo groups is 2. The molecular formula is C30H25N5O10S2. The fourth-order valence-electron chi connectivity index (χ4n) is 4.40. The van der Waals surface area contributed by atoms with E-state index < -0.39 is 47.2 Å². The Morgan fingerprint density at radius 3 is 1.98 bits per heavy atom. The van der Waals surface area contributed by atoms with Crippen LogP contribution in [0.15, 0.2) is 115 Å². The van der Waals surface area contributed by atoms with Gasteiger partial charge in [-0.05, 0) is 53.9 Å². The number of ether oxygens (including phenoxy) is 2. The molecule has 0 heterocycles. The highest BCUT2D eigenvalue weighted by Crippen LogP contribution is 2.45. The van der Waals surface area contributed by atoms with Gasteiger partial charge in [0, 0.05) is 35.0 Å². The minimum absolute atomic E-state index is 0.0291. The lowest BCUT2D eigenvalue weighted by atomic mass is 10.1. The molecule has 0 saturated carbocycles. The van der Waals surface area contributed by atoms with E-state index in [2.05, 4.69) is 25.8 Å². The topological polar surface area (TPSA) is 229 Å². The first-order chi connectivity index (χ1) is 22.3. The second kappa shape index (κ2) is 13.0. The van der Waals surface area contributed by atoms with E-state index in [1.165, 1.54) is 32.4 Å². The molecule has 15 nitrogen and oxygen atoms in total. The number of fused-ring (bicyclic) bond motifs is 1. The molecule has 5 rings (SSSR count). The number of methoxy groups -OCH3 is 2. The van der Waals surface area contributed by atoms with Gasteiger partial charge in [0.2, 0.25) is 0 Å². The molecule has 0 amide bonds. The zero-order chi connectivity index (χ0) is 33.9. The molecule has 17 heteroatoms. The van der Waals surface area contributed by atoms with Crippen LogP contribution in [0.3, 0.4) is 0 Å². The van der Waals surface area contributed by atoms with Crippen LogP contribution in [-0.2, 0) is 20.2 Å². The van der Waals surface area contributed by atoms with E-state index in [0.717, 1.165) is 30.0 Å². The average molecular weight is 680 g/mol. The van der Waals surface area contributed by atoms with Crippen molar-refractivity contribution in [1.29, 1.82) is 0 Å². The van der Waals surface area contributed by atoms with Crippen LogP contribution in [0, 0.1) is 0 Å². The third kappa shape index (κ3) is 7.28. The lowest BCUT2D eigenvalue weighted by Crippen LogP contribution is -1.99. The van der Waals surface area contributed by atoms with Crippen LogP contribution >= 0.6 is 0 Å². The minimum Gasteiger partial charge on any atom is -0.506 e. The van der Waals surface area contributed by atoms with Crippen LogP contribution in [0.2, 0.25) is 0 Å². The zero-order valence-corrected chi connectivity index (χ0v) is 26.1. The second-order valence-corrected chi connectivity index (χ2v) is 12.5. The summed E-state index contributed by atoms with van der Waals surface area (Å²) in [6.45, 7) is 0. The number of para-hydroxylation sites is 1. The van der Waals surface area contributed by atoms with Crippen LogP contribution in [0.4, 0.5) is 34.1 Å². The van der Waals surface area contributed by atoms with Crippen LogP contribution in [0.1, 0.15) is 0 Å². The molecule has 47 heavy (non-hydrogen) atoms. The smallest absolute Gasteiger partial charge is 0.296 e. The number of nitrogens with one attached hydrogen (secondary N) is 1. The number of benzene rings is 5. The Hall–Kier alpha value is -5.62. The van der Waals surface area contributed by atoms with Gasteiger partial charge < -0.3 is 25.0 Å².